The van der Waals surface area contributed by atoms with Crippen molar-refractivity contribution < 1.29 is 19.8 Å². The Balaban J connectivity index is 0. The first kappa shape index (κ1) is 28.6. The average molecular weight is 397 g/mol. The van der Waals surface area contributed by atoms with Crippen molar-refractivity contribution in [3.63, 3.8) is 0 Å². The van der Waals surface area contributed by atoms with Crippen molar-refractivity contribution >= 4 is 11.9 Å². The molecular formula is C24H44O4. The standard InChI is InChI=1S/C18H36O2.C6H8O2/c1-2-3-4-5-6-7-8-9-10-11-12-13-14-15-16-17-18(19)20;1-2-3-4-5-6(7)8/h2-17H2,1H3,(H,19,20);2-5H,1H3,(H,7,8)/b;3-2+,5-4+. The van der Waals surface area contributed by atoms with Crippen LogP contribution in [-0.2, 0) is 9.59 Å². The lowest BCUT2D eigenvalue weighted by molar-refractivity contribution is -0.137. The Morgan fingerprint density at radius 1 is 0.643 bits per heavy atom. The molecule has 0 saturated carbocycles. The first-order valence-corrected chi connectivity index (χ1v) is 11.3. The zero-order valence-corrected chi connectivity index (χ0v) is 18.3. The highest BCUT2D eigenvalue weighted by Gasteiger charge is 1.97. The summed E-state index contributed by atoms with van der Waals surface area (Å²) in [5, 5.41) is 16.5. The van der Waals surface area contributed by atoms with Crippen LogP contribution < -0.4 is 0 Å². The summed E-state index contributed by atoms with van der Waals surface area (Å²) >= 11 is 0. The van der Waals surface area contributed by atoms with E-state index in [9.17, 15) is 9.59 Å². The number of unbranched alkanes of at least 4 members (excludes halogenated alkanes) is 14. The molecule has 0 aromatic heterocycles. The second-order valence-electron chi connectivity index (χ2n) is 7.32. The Bertz CT molecular complexity index is 399. The van der Waals surface area contributed by atoms with Gasteiger partial charge in [-0.15, -0.1) is 0 Å². The average Bonchev–Trinajstić information content (AvgIpc) is 2.65. The third-order valence-corrected chi connectivity index (χ3v) is 4.54. The molecule has 28 heavy (non-hydrogen) atoms. The van der Waals surface area contributed by atoms with Crippen molar-refractivity contribution in [2.24, 2.45) is 0 Å². The molecule has 0 aromatic carbocycles. The van der Waals surface area contributed by atoms with Gasteiger partial charge in [0.15, 0.2) is 0 Å². The fourth-order valence-corrected chi connectivity index (χ4v) is 2.90. The number of hydrogen-bond acceptors (Lipinski definition) is 2. The summed E-state index contributed by atoms with van der Waals surface area (Å²) in [6, 6.07) is 0. The first-order valence-electron chi connectivity index (χ1n) is 11.3. The van der Waals surface area contributed by atoms with Gasteiger partial charge in [0, 0.05) is 12.5 Å². The smallest absolute Gasteiger partial charge is 0.328 e. The fourth-order valence-electron chi connectivity index (χ4n) is 2.90. The summed E-state index contributed by atoms with van der Waals surface area (Å²) in [5.74, 6) is -1.57. The minimum Gasteiger partial charge on any atom is -0.481 e. The van der Waals surface area contributed by atoms with Crippen LogP contribution in [0.5, 0.6) is 0 Å². The summed E-state index contributed by atoms with van der Waals surface area (Å²) in [6.45, 7) is 4.10. The van der Waals surface area contributed by atoms with Crippen LogP contribution in [0.1, 0.15) is 117 Å². The molecule has 0 aliphatic heterocycles. The Morgan fingerprint density at radius 3 is 1.36 bits per heavy atom. The van der Waals surface area contributed by atoms with Gasteiger partial charge in [-0.1, -0.05) is 115 Å². The molecule has 0 saturated heterocycles. The summed E-state index contributed by atoms with van der Waals surface area (Å²) in [4.78, 5) is 20.1. The van der Waals surface area contributed by atoms with Crippen molar-refractivity contribution in [2.75, 3.05) is 0 Å². The van der Waals surface area contributed by atoms with Gasteiger partial charge in [0.1, 0.15) is 0 Å². The molecule has 0 bridgehead atoms. The summed E-state index contributed by atoms with van der Waals surface area (Å²) in [5.41, 5.74) is 0. The fraction of sp³-hybridized carbons (Fsp3) is 0.750. The summed E-state index contributed by atoms with van der Waals surface area (Å²) in [7, 11) is 0. The van der Waals surface area contributed by atoms with Gasteiger partial charge in [0.05, 0.1) is 0 Å². The molecule has 0 heterocycles. The van der Waals surface area contributed by atoms with Gasteiger partial charge in [-0.25, -0.2) is 4.79 Å². The molecule has 0 aliphatic carbocycles. The molecule has 0 amide bonds. The van der Waals surface area contributed by atoms with Gasteiger partial charge in [-0.2, -0.15) is 0 Å². The number of aliphatic carboxylic acids is 2. The van der Waals surface area contributed by atoms with Gasteiger partial charge < -0.3 is 10.2 Å². The Kier molecular flexibility index (Phi) is 26.0. The normalized spacial score (nSPS) is 10.9. The maximum atomic E-state index is 10.3. The molecule has 0 spiro atoms. The van der Waals surface area contributed by atoms with Gasteiger partial charge in [0.25, 0.3) is 0 Å². The molecule has 0 aliphatic rings. The van der Waals surface area contributed by atoms with E-state index in [2.05, 4.69) is 6.92 Å². The predicted octanol–water partition coefficient (Wildman–Crippen LogP) is 7.54. The second kappa shape index (κ2) is 25.4. The molecule has 2 N–H and O–H groups in total. The lowest BCUT2D eigenvalue weighted by atomic mass is 10.0. The SMILES string of the molecule is C/C=C/C=C/C(=O)O.CCCCCCCCCCCCCCCCCC(=O)O. The minimum absolute atomic E-state index is 0.345. The second-order valence-corrected chi connectivity index (χ2v) is 7.32. The van der Waals surface area contributed by atoms with E-state index in [1.807, 2.05) is 6.92 Å². The minimum atomic E-state index is -0.914. The zero-order chi connectivity index (χ0) is 21.3. The zero-order valence-electron chi connectivity index (χ0n) is 18.3. The van der Waals surface area contributed by atoms with Crippen LogP contribution in [0.2, 0.25) is 0 Å². The topological polar surface area (TPSA) is 74.6 Å². The lowest BCUT2D eigenvalue weighted by Crippen LogP contribution is -1.93. The van der Waals surface area contributed by atoms with E-state index >= 15 is 0 Å². The van der Waals surface area contributed by atoms with Crippen molar-refractivity contribution in [2.45, 2.75) is 117 Å². The van der Waals surface area contributed by atoms with Crippen LogP contribution in [-0.4, -0.2) is 22.2 Å². The quantitative estimate of drug-likeness (QED) is 0.143. The number of carboxylic acids is 2. The van der Waals surface area contributed by atoms with E-state index < -0.39 is 11.9 Å². The number of hydrogen-bond donors (Lipinski definition) is 2. The van der Waals surface area contributed by atoms with Crippen LogP contribution in [0, 0.1) is 0 Å². The molecule has 0 radical (unpaired) electrons. The molecule has 4 nitrogen and oxygen atoms in total. The molecule has 0 atom stereocenters. The van der Waals surface area contributed by atoms with E-state index in [1.165, 1.54) is 89.5 Å². The van der Waals surface area contributed by atoms with Crippen LogP contribution >= 0.6 is 0 Å². The van der Waals surface area contributed by atoms with E-state index in [-0.39, 0.29) is 0 Å². The van der Waals surface area contributed by atoms with Crippen molar-refractivity contribution in [1.29, 1.82) is 0 Å². The Morgan fingerprint density at radius 2 is 1.04 bits per heavy atom. The van der Waals surface area contributed by atoms with E-state index in [0.29, 0.717) is 6.42 Å². The van der Waals surface area contributed by atoms with Gasteiger partial charge in [-0.05, 0) is 13.3 Å². The number of allylic oxidation sites excluding steroid dienone is 3. The number of carboxylic acid groups (broad SMARTS) is 2. The van der Waals surface area contributed by atoms with Crippen molar-refractivity contribution in [3.8, 4) is 0 Å². The van der Waals surface area contributed by atoms with E-state index in [4.69, 9.17) is 10.2 Å². The molecular weight excluding hydrogens is 352 g/mol. The third-order valence-electron chi connectivity index (χ3n) is 4.54. The van der Waals surface area contributed by atoms with E-state index in [1.54, 1.807) is 12.2 Å². The molecule has 0 aromatic rings. The molecule has 4 heteroatoms. The van der Waals surface area contributed by atoms with Crippen LogP contribution in [0.15, 0.2) is 24.3 Å². The van der Waals surface area contributed by atoms with Gasteiger partial charge in [0.2, 0.25) is 0 Å². The monoisotopic (exact) mass is 396 g/mol. The summed E-state index contributed by atoms with van der Waals surface area (Å²) < 4.78 is 0. The van der Waals surface area contributed by atoms with E-state index in [0.717, 1.165) is 18.9 Å². The van der Waals surface area contributed by atoms with Crippen molar-refractivity contribution in [1.82, 2.24) is 0 Å². The summed E-state index contributed by atoms with van der Waals surface area (Å²) in [6.07, 6.45) is 26.2. The van der Waals surface area contributed by atoms with Gasteiger partial charge >= 0.3 is 11.9 Å². The van der Waals surface area contributed by atoms with Crippen LogP contribution in [0.25, 0.3) is 0 Å². The molecule has 0 fully saturated rings. The Labute approximate surface area is 173 Å². The first-order chi connectivity index (χ1) is 13.5. The molecule has 164 valence electrons. The number of rotatable bonds is 18. The highest BCUT2D eigenvalue weighted by Crippen LogP contribution is 2.13. The molecule has 0 unspecified atom stereocenters. The third kappa shape index (κ3) is 32.1. The van der Waals surface area contributed by atoms with Gasteiger partial charge in [-0.3, -0.25) is 4.79 Å². The lowest BCUT2D eigenvalue weighted by Gasteiger charge is -2.03. The van der Waals surface area contributed by atoms with Crippen LogP contribution in [0.3, 0.4) is 0 Å². The number of carbonyl (C=O) groups is 2. The highest BCUT2D eigenvalue weighted by molar-refractivity contribution is 5.80. The molecule has 0 rings (SSSR count). The van der Waals surface area contributed by atoms with Crippen LogP contribution in [0.4, 0.5) is 0 Å². The highest BCUT2D eigenvalue weighted by atomic mass is 16.4. The maximum Gasteiger partial charge on any atom is 0.328 e. The van der Waals surface area contributed by atoms with Crippen molar-refractivity contribution in [3.05, 3.63) is 24.3 Å². The Hall–Kier alpha value is -1.58. The predicted molar refractivity (Wildman–Crippen MR) is 119 cm³/mol. The largest absolute Gasteiger partial charge is 0.481 e. The maximum absolute atomic E-state index is 10.3.